The molecule has 1 aliphatic rings. The second kappa shape index (κ2) is 11.4. The van der Waals surface area contributed by atoms with Crippen molar-refractivity contribution in [1.82, 2.24) is 9.55 Å². The number of benzene rings is 3. The van der Waals surface area contributed by atoms with Crippen LogP contribution in [0.1, 0.15) is 37.9 Å². The topological polar surface area (TPSA) is 65.8 Å². The van der Waals surface area contributed by atoms with Crippen LogP contribution in [-0.2, 0) is 11.3 Å². The molecule has 3 aromatic carbocycles. The van der Waals surface area contributed by atoms with Crippen molar-refractivity contribution < 1.29 is 19.0 Å². The normalized spacial score (nSPS) is 15.4. The third kappa shape index (κ3) is 5.40. The molecule has 1 saturated heterocycles. The van der Waals surface area contributed by atoms with Gasteiger partial charge in [-0.25, -0.2) is 4.98 Å². The maximum atomic E-state index is 13.0. The zero-order chi connectivity index (χ0) is 25.6. The largest absolute Gasteiger partial charge is 0.494 e. The summed E-state index contributed by atoms with van der Waals surface area (Å²) in [5.74, 6) is 3.46. The Hall–Kier alpha value is -4.00. The van der Waals surface area contributed by atoms with Gasteiger partial charge in [0.25, 0.3) is 0 Å². The van der Waals surface area contributed by atoms with E-state index < -0.39 is 0 Å². The van der Waals surface area contributed by atoms with Gasteiger partial charge in [0.15, 0.2) is 11.5 Å². The number of amides is 1. The number of hydrogen-bond acceptors (Lipinski definition) is 5. The molecular formula is C30H33N3O4. The molecule has 1 atom stereocenters. The Morgan fingerprint density at radius 2 is 1.68 bits per heavy atom. The Bertz CT molecular complexity index is 1350. The predicted octanol–water partition coefficient (Wildman–Crippen LogP) is 5.82. The Morgan fingerprint density at radius 3 is 2.46 bits per heavy atom. The van der Waals surface area contributed by atoms with Crippen molar-refractivity contribution in [2.45, 2.75) is 38.6 Å². The summed E-state index contributed by atoms with van der Waals surface area (Å²) in [4.78, 5) is 19.9. The van der Waals surface area contributed by atoms with E-state index in [1.807, 2.05) is 78.6 Å². The van der Waals surface area contributed by atoms with Crippen LogP contribution in [0.25, 0.3) is 11.0 Å². The van der Waals surface area contributed by atoms with Crippen LogP contribution in [0.15, 0.2) is 72.8 Å². The fourth-order valence-corrected chi connectivity index (χ4v) is 4.95. The molecule has 1 aromatic heterocycles. The summed E-state index contributed by atoms with van der Waals surface area (Å²) < 4.78 is 19.2. The van der Waals surface area contributed by atoms with Gasteiger partial charge in [-0.2, -0.15) is 0 Å². The molecule has 7 heteroatoms. The van der Waals surface area contributed by atoms with E-state index in [0.29, 0.717) is 26.2 Å². The summed E-state index contributed by atoms with van der Waals surface area (Å²) >= 11 is 0. The summed E-state index contributed by atoms with van der Waals surface area (Å²) in [6.07, 6.45) is 2.28. The lowest BCUT2D eigenvalue weighted by molar-refractivity contribution is -0.117. The number of carbonyl (C=O) groups excluding carboxylic acids is 1. The molecule has 0 unspecified atom stereocenters. The lowest BCUT2D eigenvalue weighted by atomic mass is 10.1. The van der Waals surface area contributed by atoms with Crippen LogP contribution in [0.4, 0.5) is 5.69 Å². The van der Waals surface area contributed by atoms with Crippen LogP contribution in [0, 0.1) is 0 Å². The van der Waals surface area contributed by atoms with Crippen LogP contribution in [-0.4, -0.2) is 42.3 Å². The first-order chi connectivity index (χ1) is 18.2. The number of anilines is 1. The van der Waals surface area contributed by atoms with Crippen LogP contribution in [0.5, 0.6) is 17.2 Å². The predicted molar refractivity (Wildman–Crippen MR) is 145 cm³/mol. The Morgan fingerprint density at radius 1 is 0.919 bits per heavy atom. The van der Waals surface area contributed by atoms with E-state index in [1.165, 1.54) is 0 Å². The molecule has 0 spiro atoms. The van der Waals surface area contributed by atoms with Crippen molar-refractivity contribution in [3.05, 3.63) is 78.6 Å². The molecule has 0 N–H and O–H groups in total. The number of hydrogen-bond donors (Lipinski definition) is 0. The van der Waals surface area contributed by atoms with E-state index in [4.69, 9.17) is 19.2 Å². The van der Waals surface area contributed by atoms with E-state index in [1.54, 1.807) is 7.11 Å². The third-order valence-electron chi connectivity index (χ3n) is 6.74. The first kappa shape index (κ1) is 24.7. The number of ether oxygens (including phenoxy) is 3. The second-order valence-corrected chi connectivity index (χ2v) is 9.15. The van der Waals surface area contributed by atoms with E-state index in [0.717, 1.165) is 59.2 Å². The molecule has 0 bridgehead atoms. The standard InChI is InChI=1S/C30H33N3O4/c1-3-36-24-16-14-23(15-17-24)33-21-22(20-29(33)34)30-31-25-10-4-5-11-26(25)32(30)18-8-9-19-37-28-13-7-6-12-27(28)35-2/h4-7,10-17,22H,3,8-9,18-21H2,1-2H3/t22-/m1/s1. The molecule has 0 saturated carbocycles. The average Bonchev–Trinajstić information content (AvgIpc) is 3.50. The van der Waals surface area contributed by atoms with Gasteiger partial charge in [0.2, 0.25) is 5.91 Å². The van der Waals surface area contributed by atoms with Crippen LogP contribution in [0.2, 0.25) is 0 Å². The molecule has 7 nitrogen and oxygen atoms in total. The van der Waals surface area contributed by atoms with Crippen molar-refractivity contribution in [1.29, 1.82) is 0 Å². The second-order valence-electron chi connectivity index (χ2n) is 9.15. The molecule has 0 aliphatic carbocycles. The first-order valence-corrected chi connectivity index (χ1v) is 12.9. The number of carbonyl (C=O) groups is 1. The zero-order valence-corrected chi connectivity index (χ0v) is 21.4. The molecular weight excluding hydrogens is 466 g/mol. The van der Waals surface area contributed by atoms with Gasteiger partial charge in [0, 0.05) is 31.1 Å². The fraction of sp³-hybridized carbons (Fsp3) is 0.333. The summed E-state index contributed by atoms with van der Waals surface area (Å²) in [6, 6.07) is 23.7. The maximum absolute atomic E-state index is 13.0. The highest BCUT2D eigenvalue weighted by atomic mass is 16.5. The smallest absolute Gasteiger partial charge is 0.227 e. The molecule has 2 heterocycles. The number of para-hydroxylation sites is 4. The minimum Gasteiger partial charge on any atom is -0.494 e. The number of rotatable bonds is 11. The summed E-state index contributed by atoms with van der Waals surface area (Å²) in [6.45, 7) is 4.62. The molecule has 37 heavy (non-hydrogen) atoms. The van der Waals surface area contributed by atoms with Crippen molar-refractivity contribution in [3.63, 3.8) is 0 Å². The zero-order valence-electron chi connectivity index (χ0n) is 21.4. The molecule has 192 valence electrons. The highest BCUT2D eigenvalue weighted by Gasteiger charge is 2.34. The van der Waals surface area contributed by atoms with Gasteiger partial charge in [-0.3, -0.25) is 4.79 Å². The lowest BCUT2D eigenvalue weighted by Crippen LogP contribution is -2.24. The van der Waals surface area contributed by atoms with Crippen LogP contribution >= 0.6 is 0 Å². The molecule has 1 amide bonds. The minimum atomic E-state index is 0.0382. The molecule has 4 aromatic rings. The summed E-state index contributed by atoms with van der Waals surface area (Å²) in [5, 5.41) is 0. The number of unbranched alkanes of at least 4 members (excludes halogenated alkanes) is 1. The SMILES string of the molecule is CCOc1ccc(N2C[C@H](c3nc4ccccc4n3CCCCOc3ccccc3OC)CC2=O)cc1. The van der Waals surface area contributed by atoms with Gasteiger partial charge in [0.1, 0.15) is 11.6 Å². The summed E-state index contributed by atoms with van der Waals surface area (Å²) in [7, 11) is 1.65. The van der Waals surface area contributed by atoms with E-state index >= 15 is 0 Å². The number of fused-ring (bicyclic) bond motifs is 1. The molecule has 1 aliphatic heterocycles. The van der Waals surface area contributed by atoms with Crippen molar-refractivity contribution in [3.8, 4) is 17.2 Å². The highest BCUT2D eigenvalue weighted by Crippen LogP contribution is 2.34. The van der Waals surface area contributed by atoms with Gasteiger partial charge in [-0.05, 0) is 68.3 Å². The highest BCUT2D eigenvalue weighted by molar-refractivity contribution is 5.96. The van der Waals surface area contributed by atoms with Gasteiger partial charge < -0.3 is 23.7 Å². The minimum absolute atomic E-state index is 0.0382. The molecule has 5 rings (SSSR count). The maximum Gasteiger partial charge on any atom is 0.227 e. The molecule has 1 fully saturated rings. The first-order valence-electron chi connectivity index (χ1n) is 12.9. The lowest BCUT2D eigenvalue weighted by Gasteiger charge is -2.18. The monoisotopic (exact) mass is 499 g/mol. The quantitative estimate of drug-likeness (QED) is 0.243. The summed E-state index contributed by atoms with van der Waals surface area (Å²) in [5.41, 5.74) is 2.97. The number of aryl methyl sites for hydroxylation is 1. The van der Waals surface area contributed by atoms with Gasteiger partial charge >= 0.3 is 0 Å². The van der Waals surface area contributed by atoms with Crippen molar-refractivity contribution in [2.75, 3.05) is 31.8 Å². The van der Waals surface area contributed by atoms with Crippen LogP contribution < -0.4 is 19.1 Å². The van der Waals surface area contributed by atoms with Crippen molar-refractivity contribution >= 4 is 22.6 Å². The number of aromatic nitrogens is 2. The van der Waals surface area contributed by atoms with Gasteiger partial charge in [-0.1, -0.05) is 24.3 Å². The number of nitrogens with zero attached hydrogens (tertiary/aromatic N) is 3. The van der Waals surface area contributed by atoms with E-state index in [2.05, 4.69) is 10.6 Å². The Labute approximate surface area is 217 Å². The average molecular weight is 500 g/mol. The Balaban J connectivity index is 1.27. The third-order valence-corrected chi connectivity index (χ3v) is 6.74. The molecule has 0 radical (unpaired) electrons. The van der Waals surface area contributed by atoms with E-state index in [9.17, 15) is 4.79 Å². The number of imidazole rings is 1. The fourth-order valence-electron chi connectivity index (χ4n) is 4.95. The van der Waals surface area contributed by atoms with Gasteiger partial charge in [0.05, 0.1) is 31.4 Å². The number of methoxy groups -OCH3 is 1. The Kier molecular flexibility index (Phi) is 7.59. The van der Waals surface area contributed by atoms with E-state index in [-0.39, 0.29) is 11.8 Å². The van der Waals surface area contributed by atoms with Gasteiger partial charge in [-0.15, -0.1) is 0 Å². The van der Waals surface area contributed by atoms with Crippen LogP contribution in [0.3, 0.4) is 0 Å². The van der Waals surface area contributed by atoms with Crippen molar-refractivity contribution in [2.24, 2.45) is 0 Å².